The van der Waals surface area contributed by atoms with Crippen LogP contribution in [0.5, 0.6) is 0 Å². The number of nitrogens with two attached hydrogens (primary N) is 1. The molecule has 0 spiro atoms. The maximum atomic E-state index is 13.7. The standard InChI is InChI=1S/C27H27ClN6O2/c1-2-24(35)32-13-11-20-25-21(34(31-20)18-7-5-17(6-8-18)16-3-4-16)12-14-33(22(25)15-32)27(36)19-9-10-23(28)30-26(19)29/h2,5-10,16,22H,1,3-4,11-15H2,(H2,29,30)/t22-/m0/s1. The Bertz CT molecular complexity index is 1380. The monoisotopic (exact) mass is 502 g/mol. The number of hydrogen-bond acceptors (Lipinski definition) is 5. The van der Waals surface area contributed by atoms with E-state index in [9.17, 15) is 9.59 Å². The van der Waals surface area contributed by atoms with E-state index >= 15 is 0 Å². The average Bonchev–Trinajstić information content (AvgIpc) is 3.69. The SMILES string of the molecule is C=CC(=O)N1CCc2nn(-c3ccc(C4CC4)cc3)c3c2[C@H](C1)N(C(=O)c1ccc(Cl)nc1N)CC3. The maximum Gasteiger partial charge on any atom is 0.258 e. The number of carbonyl (C=O) groups excluding carboxylic acids is 2. The summed E-state index contributed by atoms with van der Waals surface area (Å²) in [6.45, 7) is 5.01. The maximum absolute atomic E-state index is 13.7. The first-order valence-corrected chi connectivity index (χ1v) is 12.7. The second kappa shape index (κ2) is 8.78. The van der Waals surface area contributed by atoms with Crippen molar-refractivity contribution in [3.8, 4) is 5.69 Å². The van der Waals surface area contributed by atoms with Crippen molar-refractivity contribution < 1.29 is 9.59 Å². The van der Waals surface area contributed by atoms with Gasteiger partial charge in [0.2, 0.25) is 5.91 Å². The van der Waals surface area contributed by atoms with Crippen molar-refractivity contribution in [1.82, 2.24) is 24.6 Å². The van der Waals surface area contributed by atoms with E-state index in [1.807, 2.05) is 4.68 Å². The van der Waals surface area contributed by atoms with Crippen molar-refractivity contribution in [3.63, 3.8) is 0 Å². The Balaban J connectivity index is 1.41. The van der Waals surface area contributed by atoms with Gasteiger partial charge in [0.05, 0.1) is 28.7 Å². The third-order valence-corrected chi connectivity index (χ3v) is 7.67. The van der Waals surface area contributed by atoms with Gasteiger partial charge in [-0.3, -0.25) is 9.59 Å². The molecule has 3 aromatic rings. The number of pyridine rings is 1. The summed E-state index contributed by atoms with van der Waals surface area (Å²) in [5.41, 5.74) is 11.8. The molecule has 0 saturated heterocycles. The molecule has 2 aliphatic heterocycles. The third-order valence-electron chi connectivity index (χ3n) is 7.46. The van der Waals surface area contributed by atoms with E-state index in [0.29, 0.717) is 44.0 Å². The number of halogens is 1. The normalized spacial score (nSPS) is 19.0. The first-order chi connectivity index (χ1) is 17.4. The quantitative estimate of drug-likeness (QED) is 0.433. The van der Waals surface area contributed by atoms with E-state index in [0.717, 1.165) is 22.6 Å². The van der Waals surface area contributed by atoms with Gasteiger partial charge in [0.25, 0.3) is 5.91 Å². The first kappa shape index (κ1) is 22.8. The Morgan fingerprint density at radius 1 is 1.08 bits per heavy atom. The Labute approximate surface area is 214 Å². The van der Waals surface area contributed by atoms with Crippen molar-refractivity contribution in [2.75, 3.05) is 25.4 Å². The van der Waals surface area contributed by atoms with Gasteiger partial charge in [0.1, 0.15) is 11.0 Å². The summed E-state index contributed by atoms with van der Waals surface area (Å²) in [5, 5.41) is 5.24. The van der Waals surface area contributed by atoms with E-state index in [1.54, 1.807) is 21.9 Å². The summed E-state index contributed by atoms with van der Waals surface area (Å²) in [5.74, 6) is 0.403. The Morgan fingerprint density at radius 2 is 1.86 bits per heavy atom. The molecule has 0 bridgehead atoms. The zero-order chi connectivity index (χ0) is 25.0. The number of nitrogens with zero attached hydrogens (tertiary/aromatic N) is 5. The predicted octanol–water partition coefficient (Wildman–Crippen LogP) is 3.69. The summed E-state index contributed by atoms with van der Waals surface area (Å²) in [6, 6.07) is 11.5. The fourth-order valence-electron chi connectivity index (χ4n) is 5.47. The highest BCUT2D eigenvalue weighted by atomic mass is 35.5. The van der Waals surface area contributed by atoms with Gasteiger partial charge in [-0.2, -0.15) is 5.10 Å². The molecule has 1 saturated carbocycles. The van der Waals surface area contributed by atoms with Crippen LogP contribution in [0.2, 0.25) is 5.15 Å². The lowest BCUT2D eigenvalue weighted by Crippen LogP contribution is -2.46. The van der Waals surface area contributed by atoms with Crippen molar-refractivity contribution in [2.45, 2.75) is 37.6 Å². The van der Waals surface area contributed by atoms with E-state index in [1.165, 1.54) is 24.5 Å². The zero-order valence-electron chi connectivity index (χ0n) is 19.9. The molecule has 6 rings (SSSR count). The molecule has 0 unspecified atom stereocenters. The van der Waals surface area contributed by atoms with E-state index in [2.05, 4.69) is 35.8 Å². The number of amides is 2. The lowest BCUT2D eigenvalue weighted by atomic mass is 9.94. The van der Waals surface area contributed by atoms with Gasteiger partial charge in [0, 0.05) is 38.0 Å². The second-order valence-electron chi connectivity index (χ2n) is 9.65. The molecule has 3 aliphatic rings. The van der Waals surface area contributed by atoms with E-state index in [-0.39, 0.29) is 28.8 Å². The molecule has 2 aromatic heterocycles. The summed E-state index contributed by atoms with van der Waals surface area (Å²) < 4.78 is 2.03. The van der Waals surface area contributed by atoms with Crippen LogP contribution in [0.4, 0.5) is 5.82 Å². The average molecular weight is 503 g/mol. The molecule has 9 heteroatoms. The van der Waals surface area contributed by atoms with Crippen molar-refractivity contribution >= 4 is 29.2 Å². The minimum atomic E-state index is -0.350. The van der Waals surface area contributed by atoms with E-state index < -0.39 is 0 Å². The number of anilines is 1. The third kappa shape index (κ3) is 3.86. The molecule has 4 heterocycles. The number of aromatic nitrogens is 3. The smallest absolute Gasteiger partial charge is 0.258 e. The van der Waals surface area contributed by atoms with Gasteiger partial charge in [-0.05, 0) is 54.7 Å². The molecule has 184 valence electrons. The Hall–Kier alpha value is -3.65. The number of rotatable bonds is 4. The van der Waals surface area contributed by atoms with Gasteiger partial charge < -0.3 is 15.5 Å². The van der Waals surface area contributed by atoms with Crippen LogP contribution < -0.4 is 5.73 Å². The van der Waals surface area contributed by atoms with Gasteiger partial charge in [-0.15, -0.1) is 0 Å². The molecular formula is C27H27ClN6O2. The summed E-state index contributed by atoms with van der Waals surface area (Å²) in [7, 11) is 0. The van der Waals surface area contributed by atoms with Crippen LogP contribution in [0, 0.1) is 0 Å². The Morgan fingerprint density at radius 3 is 2.56 bits per heavy atom. The molecule has 36 heavy (non-hydrogen) atoms. The fourth-order valence-corrected chi connectivity index (χ4v) is 5.62. The zero-order valence-corrected chi connectivity index (χ0v) is 20.6. The van der Waals surface area contributed by atoms with Gasteiger partial charge in [-0.1, -0.05) is 30.3 Å². The van der Waals surface area contributed by atoms with Crippen LogP contribution in [-0.2, 0) is 17.6 Å². The van der Waals surface area contributed by atoms with Gasteiger partial charge in [-0.25, -0.2) is 9.67 Å². The van der Waals surface area contributed by atoms with Crippen molar-refractivity contribution in [2.24, 2.45) is 0 Å². The largest absolute Gasteiger partial charge is 0.383 e. The van der Waals surface area contributed by atoms with Crippen LogP contribution in [0.3, 0.4) is 0 Å². The fraction of sp³-hybridized carbons (Fsp3) is 0.333. The molecule has 2 N–H and O–H groups in total. The molecule has 1 atom stereocenters. The first-order valence-electron chi connectivity index (χ1n) is 12.3. The van der Waals surface area contributed by atoms with Crippen molar-refractivity contribution in [3.05, 3.63) is 82.3 Å². The lowest BCUT2D eigenvalue weighted by Gasteiger charge is -2.38. The highest BCUT2D eigenvalue weighted by molar-refractivity contribution is 6.29. The summed E-state index contributed by atoms with van der Waals surface area (Å²) in [6.07, 6.45) is 5.10. The molecule has 1 fully saturated rings. The Kier molecular flexibility index (Phi) is 5.56. The van der Waals surface area contributed by atoms with Crippen LogP contribution in [0.1, 0.15) is 57.7 Å². The number of nitrogen functional groups attached to an aromatic ring is 1. The molecule has 1 aromatic carbocycles. The second-order valence-corrected chi connectivity index (χ2v) is 10.0. The van der Waals surface area contributed by atoms with Crippen LogP contribution >= 0.6 is 11.6 Å². The highest BCUT2D eigenvalue weighted by Crippen LogP contribution is 2.41. The van der Waals surface area contributed by atoms with Crippen LogP contribution in [0.15, 0.2) is 49.1 Å². The molecule has 1 aliphatic carbocycles. The molecule has 0 radical (unpaired) electrons. The number of benzene rings is 1. The highest BCUT2D eigenvalue weighted by Gasteiger charge is 2.40. The van der Waals surface area contributed by atoms with Crippen LogP contribution in [-0.4, -0.2) is 56.0 Å². The molecule has 2 amide bonds. The van der Waals surface area contributed by atoms with Crippen LogP contribution in [0.25, 0.3) is 5.69 Å². The number of carbonyl (C=O) groups is 2. The summed E-state index contributed by atoms with van der Waals surface area (Å²) >= 11 is 5.96. The summed E-state index contributed by atoms with van der Waals surface area (Å²) in [4.78, 5) is 33.9. The minimum absolute atomic E-state index is 0.0950. The van der Waals surface area contributed by atoms with E-state index in [4.69, 9.17) is 22.4 Å². The lowest BCUT2D eigenvalue weighted by molar-refractivity contribution is -0.126. The minimum Gasteiger partial charge on any atom is -0.383 e. The number of hydrogen-bond donors (Lipinski definition) is 1. The van der Waals surface area contributed by atoms with Crippen molar-refractivity contribution in [1.29, 1.82) is 0 Å². The predicted molar refractivity (Wildman–Crippen MR) is 137 cm³/mol. The molecule has 8 nitrogen and oxygen atoms in total. The van der Waals surface area contributed by atoms with Gasteiger partial charge in [0.15, 0.2) is 0 Å². The molecular weight excluding hydrogens is 476 g/mol. The van der Waals surface area contributed by atoms with Gasteiger partial charge >= 0.3 is 0 Å². The topological polar surface area (TPSA) is 97.4 Å².